The second-order valence-electron chi connectivity index (χ2n) is 3.72. The molecule has 2 nitrogen and oxygen atoms in total. The van der Waals surface area contributed by atoms with Gasteiger partial charge >= 0.3 is 0 Å². The summed E-state index contributed by atoms with van der Waals surface area (Å²) in [6, 6.07) is 15.8. The second-order valence-corrected chi connectivity index (χ2v) is 3.72. The van der Waals surface area contributed by atoms with Crippen LogP contribution < -0.4 is 10.5 Å². The van der Waals surface area contributed by atoms with E-state index in [4.69, 9.17) is 10.5 Å². The number of benzene rings is 2. The van der Waals surface area contributed by atoms with Gasteiger partial charge in [0.15, 0.2) is 0 Å². The molecular weight excluding hydrogens is 198 g/mol. The van der Waals surface area contributed by atoms with Crippen LogP contribution in [-0.2, 0) is 6.54 Å². The first-order valence-corrected chi connectivity index (χ1v) is 5.32. The molecule has 2 aromatic carbocycles. The van der Waals surface area contributed by atoms with E-state index in [2.05, 4.69) is 6.07 Å². The van der Waals surface area contributed by atoms with Crippen LogP contribution in [0.5, 0.6) is 11.5 Å². The van der Waals surface area contributed by atoms with Crippen LogP contribution >= 0.6 is 0 Å². The Hall–Kier alpha value is -1.80. The Morgan fingerprint density at radius 1 is 1.06 bits per heavy atom. The van der Waals surface area contributed by atoms with E-state index >= 15 is 0 Å². The minimum atomic E-state index is 0.562. The quantitative estimate of drug-likeness (QED) is 0.849. The Morgan fingerprint density at radius 2 is 1.81 bits per heavy atom. The minimum absolute atomic E-state index is 0.562. The number of para-hydroxylation sites is 1. The van der Waals surface area contributed by atoms with Gasteiger partial charge in [-0.3, -0.25) is 0 Å². The molecule has 0 amide bonds. The molecule has 0 atom stereocenters. The molecule has 2 aromatic rings. The molecule has 16 heavy (non-hydrogen) atoms. The van der Waals surface area contributed by atoms with Gasteiger partial charge in [0, 0.05) is 6.54 Å². The van der Waals surface area contributed by atoms with Gasteiger partial charge in [-0.25, -0.2) is 0 Å². The van der Waals surface area contributed by atoms with E-state index in [0.29, 0.717) is 6.54 Å². The van der Waals surface area contributed by atoms with Crippen molar-refractivity contribution < 1.29 is 4.74 Å². The lowest BCUT2D eigenvalue weighted by atomic mass is 10.1. The van der Waals surface area contributed by atoms with Crippen LogP contribution in [0.1, 0.15) is 11.1 Å². The lowest BCUT2D eigenvalue weighted by Crippen LogP contribution is -1.97. The number of nitrogens with two attached hydrogens (primary N) is 1. The fraction of sp³-hybridized carbons (Fsp3) is 0.143. The van der Waals surface area contributed by atoms with E-state index in [-0.39, 0.29) is 0 Å². The second kappa shape index (κ2) is 4.81. The summed E-state index contributed by atoms with van der Waals surface area (Å²) in [6.45, 7) is 2.59. The Morgan fingerprint density at radius 3 is 2.44 bits per heavy atom. The molecule has 0 aromatic heterocycles. The molecule has 2 N–H and O–H groups in total. The lowest BCUT2D eigenvalue weighted by molar-refractivity contribution is 0.478. The highest BCUT2D eigenvalue weighted by molar-refractivity contribution is 5.39. The van der Waals surface area contributed by atoms with Crippen LogP contribution in [0.25, 0.3) is 0 Å². The van der Waals surface area contributed by atoms with Gasteiger partial charge in [-0.05, 0) is 36.2 Å². The summed E-state index contributed by atoms with van der Waals surface area (Å²) in [7, 11) is 0. The fourth-order valence-corrected chi connectivity index (χ4v) is 1.57. The molecule has 0 bridgehead atoms. The van der Waals surface area contributed by atoms with Crippen molar-refractivity contribution in [3.63, 3.8) is 0 Å². The molecule has 0 saturated carbocycles. The molecule has 2 heteroatoms. The fourth-order valence-electron chi connectivity index (χ4n) is 1.57. The Bertz CT molecular complexity index is 465. The SMILES string of the molecule is Cc1cc(CN)ccc1Oc1ccccc1. The largest absolute Gasteiger partial charge is 0.457 e. The van der Waals surface area contributed by atoms with Gasteiger partial charge in [0.2, 0.25) is 0 Å². The topological polar surface area (TPSA) is 35.2 Å². The van der Waals surface area contributed by atoms with Gasteiger partial charge in [-0.2, -0.15) is 0 Å². The monoisotopic (exact) mass is 213 g/mol. The van der Waals surface area contributed by atoms with Crippen molar-refractivity contribution in [1.29, 1.82) is 0 Å². The first-order valence-electron chi connectivity index (χ1n) is 5.32. The number of rotatable bonds is 3. The number of aryl methyl sites for hydroxylation is 1. The summed E-state index contributed by atoms with van der Waals surface area (Å²) in [5.41, 5.74) is 7.81. The maximum atomic E-state index is 5.77. The number of ether oxygens (including phenoxy) is 1. The van der Waals surface area contributed by atoms with Gasteiger partial charge in [0.25, 0.3) is 0 Å². The zero-order valence-electron chi connectivity index (χ0n) is 9.31. The third kappa shape index (κ3) is 2.41. The summed E-state index contributed by atoms with van der Waals surface area (Å²) in [5.74, 6) is 1.73. The van der Waals surface area contributed by atoms with E-state index in [1.807, 2.05) is 49.4 Å². The van der Waals surface area contributed by atoms with Gasteiger partial charge < -0.3 is 10.5 Å². The molecular formula is C14H15NO. The Kier molecular flexibility index (Phi) is 3.22. The summed E-state index contributed by atoms with van der Waals surface area (Å²) in [4.78, 5) is 0. The van der Waals surface area contributed by atoms with Gasteiger partial charge in [-0.15, -0.1) is 0 Å². The van der Waals surface area contributed by atoms with E-state index in [9.17, 15) is 0 Å². The van der Waals surface area contributed by atoms with Crippen molar-refractivity contribution in [2.75, 3.05) is 0 Å². The molecule has 2 rings (SSSR count). The molecule has 0 aliphatic carbocycles. The van der Waals surface area contributed by atoms with E-state index in [1.165, 1.54) is 0 Å². The Balaban J connectivity index is 2.22. The van der Waals surface area contributed by atoms with E-state index < -0.39 is 0 Å². The van der Waals surface area contributed by atoms with Crippen LogP contribution in [0.3, 0.4) is 0 Å². The lowest BCUT2D eigenvalue weighted by Gasteiger charge is -2.09. The third-order valence-corrected chi connectivity index (χ3v) is 2.45. The summed E-state index contributed by atoms with van der Waals surface area (Å²) in [6.07, 6.45) is 0. The number of hydrogen-bond acceptors (Lipinski definition) is 2. The Labute approximate surface area is 95.7 Å². The van der Waals surface area contributed by atoms with Crippen LogP contribution in [-0.4, -0.2) is 0 Å². The summed E-state index contributed by atoms with van der Waals surface area (Å²) >= 11 is 0. The van der Waals surface area contributed by atoms with Crippen molar-refractivity contribution in [2.24, 2.45) is 5.73 Å². The average molecular weight is 213 g/mol. The van der Waals surface area contributed by atoms with Crippen molar-refractivity contribution in [3.05, 3.63) is 59.7 Å². The van der Waals surface area contributed by atoms with Crippen molar-refractivity contribution in [3.8, 4) is 11.5 Å². The maximum absolute atomic E-state index is 5.77. The smallest absolute Gasteiger partial charge is 0.130 e. The van der Waals surface area contributed by atoms with E-state index in [0.717, 1.165) is 22.6 Å². The summed E-state index contributed by atoms with van der Waals surface area (Å²) in [5, 5.41) is 0. The highest BCUT2D eigenvalue weighted by atomic mass is 16.5. The molecule has 0 aliphatic heterocycles. The highest BCUT2D eigenvalue weighted by Crippen LogP contribution is 2.25. The first kappa shape index (κ1) is 10.7. The van der Waals surface area contributed by atoms with Crippen molar-refractivity contribution in [2.45, 2.75) is 13.5 Å². The molecule has 0 heterocycles. The van der Waals surface area contributed by atoms with Gasteiger partial charge in [-0.1, -0.05) is 30.3 Å². The standard InChI is InChI=1S/C14H15NO/c1-11-9-12(10-15)7-8-14(11)16-13-5-3-2-4-6-13/h2-9H,10,15H2,1H3. The molecule has 0 radical (unpaired) electrons. The van der Waals surface area contributed by atoms with E-state index in [1.54, 1.807) is 0 Å². The van der Waals surface area contributed by atoms with Crippen LogP contribution in [0.15, 0.2) is 48.5 Å². The van der Waals surface area contributed by atoms with Crippen LogP contribution in [0.2, 0.25) is 0 Å². The van der Waals surface area contributed by atoms with Gasteiger partial charge in [0.1, 0.15) is 11.5 Å². The average Bonchev–Trinajstić information content (AvgIpc) is 2.33. The van der Waals surface area contributed by atoms with Crippen LogP contribution in [0.4, 0.5) is 0 Å². The zero-order valence-corrected chi connectivity index (χ0v) is 9.31. The van der Waals surface area contributed by atoms with Crippen molar-refractivity contribution >= 4 is 0 Å². The molecule has 0 saturated heterocycles. The molecule has 82 valence electrons. The highest BCUT2D eigenvalue weighted by Gasteiger charge is 2.01. The molecule has 0 unspecified atom stereocenters. The first-order chi connectivity index (χ1) is 7.79. The van der Waals surface area contributed by atoms with Crippen LogP contribution in [0, 0.1) is 6.92 Å². The summed E-state index contributed by atoms with van der Waals surface area (Å²) < 4.78 is 5.77. The minimum Gasteiger partial charge on any atom is -0.457 e. The number of hydrogen-bond donors (Lipinski definition) is 1. The van der Waals surface area contributed by atoms with Gasteiger partial charge in [0.05, 0.1) is 0 Å². The zero-order chi connectivity index (χ0) is 11.4. The predicted molar refractivity (Wildman–Crippen MR) is 65.6 cm³/mol. The predicted octanol–water partition coefficient (Wildman–Crippen LogP) is 3.25. The normalized spacial score (nSPS) is 10.1. The molecule has 0 aliphatic rings. The van der Waals surface area contributed by atoms with Crippen molar-refractivity contribution in [1.82, 2.24) is 0 Å². The third-order valence-electron chi connectivity index (χ3n) is 2.45. The molecule has 0 fully saturated rings. The molecule has 0 spiro atoms. The maximum Gasteiger partial charge on any atom is 0.130 e.